The zero-order chi connectivity index (χ0) is 28.7. The van der Waals surface area contributed by atoms with E-state index in [4.69, 9.17) is 13.2 Å². The third-order valence-electron chi connectivity index (χ3n) is 6.26. The predicted molar refractivity (Wildman–Crippen MR) is 149 cm³/mol. The molecule has 0 aliphatic carbocycles. The van der Waals surface area contributed by atoms with Crippen LogP contribution in [0.1, 0.15) is 33.5 Å². The van der Waals surface area contributed by atoms with Crippen molar-refractivity contribution in [1.82, 2.24) is 9.78 Å². The molecule has 0 bridgehead atoms. The van der Waals surface area contributed by atoms with Crippen LogP contribution < -0.4 is 0 Å². The quantitative estimate of drug-likeness (QED) is 0.231. The van der Waals surface area contributed by atoms with Gasteiger partial charge < -0.3 is 0 Å². The Balaban J connectivity index is 0.000000867. The molecule has 1 heterocycles. The normalized spacial score (nSPS) is 11.0. The molecule has 204 valence electrons. The van der Waals surface area contributed by atoms with Crippen LogP contribution in [-0.4, -0.2) is 18.2 Å². The maximum Gasteiger partial charge on any atom is 0.435 e. The lowest BCUT2D eigenvalue weighted by molar-refractivity contribution is -0.141. The maximum absolute atomic E-state index is 13.7. The minimum Gasteiger partial charge on any atom is -0.232 e. The SMILES string of the molecule is Cc1ccc(-c2cc(C(F)(F)F)nn2-c2ccc(Cc3ccccc3)c(Cc3ccccc3)c2)cc1.N=S(=O)=O. The Morgan fingerprint density at radius 3 is 1.80 bits per heavy atom. The van der Waals surface area contributed by atoms with Gasteiger partial charge in [0.1, 0.15) is 0 Å². The van der Waals surface area contributed by atoms with Gasteiger partial charge in [-0.15, -0.1) is 0 Å². The predicted octanol–water partition coefficient (Wildman–Crippen LogP) is 7.68. The minimum absolute atomic E-state index is 0.406. The minimum atomic E-state index is -4.54. The molecule has 0 unspecified atom stereocenters. The number of benzene rings is 4. The fourth-order valence-electron chi connectivity index (χ4n) is 4.36. The number of nitrogens with zero attached hydrogens (tertiary/aromatic N) is 2. The first-order valence-electron chi connectivity index (χ1n) is 12.3. The molecule has 0 saturated carbocycles. The van der Waals surface area contributed by atoms with Crippen LogP contribution in [0, 0.1) is 11.7 Å². The Hall–Kier alpha value is -4.50. The van der Waals surface area contributed by atoms with Gasteiger partial charge in [0.25, 0.3) is 0 Å². The van der Waals surface area contributed by atoms with Gasteiger partial charge >= 0.3 is 16.7 Å². The highest BCUT2D eigenvalue weighted by molar-refractivity contribution is 7.60. The van der Waals surface area contributed by atoms with Crippen molar-refractivity contribution < 1.29 is 21.6 Å². The smallest absolute Gasteiger partial charge is 0.232 e. The molecule has 5 rings (SSSR count). The van der Waals surface area contributed by atoms with Gasteiger partial charge in [0.15, 0.2) is 5.69 Å². The summed E-state index contributed by atoms with van der Waals surface area (Å²) in [5.41, 5.74) is 6.33. The Morgan fingerprint density at radius 1 is 0.750 bits per heavy atom. The lowest BCUT2D eigenvalue weighted by Crippen LogP contribution is -2.08. The number of halogens is 3. The second kappa shape index (κ2) is 12.6. The second-order valence-corrected chi connectivity index (χ2v) is 9.67. The molecule has 4 aromatic carbocycles. The third-order valence-corrected chi connectivity index (χ3v) is 6.26. The summed E-state index contributed by atoms with van der Waals surface area (Å²) in [5.74, 6) is 0. The van der Waals surface area contributed by atoms with Gasteiger partial charge in [0, 0.05) is 5.56 Å². The highest BCUT2D eigenvalue weighted by atomic mass is 32.2. The molecule has 5 aromatic rings. The number of nitrogens with one attached hydrogen (secondary N) is 1. The van der Waals surface area contributed by atoms with Crippen LogP contribution >= 0.6 is 0 Å². The summed E-state index contributed by atoms with van der Waals surface area (Å²) in [7, 11) is -2.61. The van der Waals surface area contributed by atoms with Crippen molar-refractivity contribution in [2.75, 3.05) is 0 Å². The first-order valence-corrected chi connectivity index (χ1v) is 13.4. The summed E-state index contributed by atoms with van der Waals surface area (Å²) >= 11 is 0. The van der Waals surface area contributed by atoms with Gasteiger partial charge in [-0.25, -0.2) is 4.68 Å². The van der Waals surface area contributed by atoms with Gasteiger partial charge in [0.05, 0.1) is 11.4 Å². The summed E-state index contributed by atoms with van der Waals surface area (Å²) in [6.45, 7) is 1.95. The van der Waals surface area contributed by atoms with E-state index >= 15 is 0 Å². The van der Waals surface area contributed by atoms with E-state index in [1.54, 1.807) is 0 Å². The second-order valence-electron chi connectivity index (χ2n) is 9.20. The van der Waals surface area contributed by atoms with Crippen molar-refractivity contribution >= 4 is 10.5 Å². The van der Waals surface area contributed by atoms with Crippen LogP contribution in [0.15, 0.2) is 109 Å². The van der Waals surface area contributed by atoms with E-state index in [0.29, 0.717) is 23.4 Å². The first-order chi connectivity index (χ1) is 19.1. The Labute approximate surface area is 232 Å². The van der Waals surface area contributed by atoms with Crippen LogP contribution in [0.4, 0.5) is 13.2 Å². The summed E-state index contributed by atoms with van der Waals surface area (Å²) in [6.07, 6.45) is -3.13. The molecule has 0 radical (unpaired) electrons. The molecular formula is C31H26F3N3O2S. The van der Waals surface area contributed by atoms with Crippen molar-refractivity contribution in [2.45, 2.75) is 25.9 Å². The molecule has 0 saturated heterocycles. The molecule has 0 amide bonds. The molecule has 0 fully saturated rings. The number of alkyl halides is 3. The van der Waals surface area contributed by atoms with Crippen LogP contribution in [0.3, 0.4) is 0 Å². The molecular weight excluding hydrogens is 535 g/mol. The number of rotatable bonds is 6. The zero-order valence-electron chi connectivity index (χ0n) is 21.6. The fraction of sp³-hybridized carbons (Fsp3) is 0.129. The highest BCUT2D eigenvalue weighted by Gasteiger charge is 2.35. The fourth-order valence-corrected chi connectivity index (χ4v) is 4.36. The van der Waals surface area contributed by atoms with Crippen molar-refractivity contribution in [2.24, 2.45) is 0 Å². The van der Waals surface area contributed by atoms with Crippen LogP contribution in [0.25, 0.3) is 16.9 Å². The molecule has 0 aliphatic heterocycles. The van der Waals surface area contributed by atoms with Crippen LogP contribution in [0.2, 0.25) is 0 Å². The first kappa shape index (κ1) is 28.5. The largest absolute Gasteiger partial charge is 0.435 e. The number of hydrogen-bond acceptors (Lipinski definition) is 4. The summed E-state index contributed by atoms with van der Waals surface area (Å²) in [6, 6.07) is 34.7. The Kier molecular flexibility index (Phi) is 8.96. The van der Waals surface area contributed by atoms with E-state index in [2.05, 4.69) is 29.4 Å². The van der Waals surface area contributed by atoms with Gasteiger partial charge in [-0.1, -0.05) is 96.6 Å². The lowest BCUT2D eigenvalue weighted by atomic mass is 9.94. The van der Waals surface area contributed by atoms with Gasteiger partial charge in [0.2, 0.25) is 0 Å². The molecule has 9 heteroatoms. The van der Waals surface area contributed by atoms with Gasteiger partial charge in [-0.2, -0.15) is 31.5 Å². The third kappa shape index (κ3) is 7.54. The Bertz CT molecular complexity index is 1680. The van der Waals surface area contributed by atoms with E-state index in [-0.39, 0.29) is 0 Å². The van der Waals surface area contributed by atoms with Crippen LogP contribution in [-0.2, 0) is 29.5 Å². The average molecular weight is 562 g/mol. The number of hydrogen-bond donors (Lipinski definition) is 1. The average Bonchev–Trinajstić information content (AvgIpc) is 3.37. The molecule has 1 aromatic heterocycles. The van der Waals surface area contributed by atoms with E-state index in [9.17, 15) is 13.2 Å². The van der Waals surface area contributed by atoms with E-state index in [0.717, 1.165) is 34.7 Å². The maximum atomic E-state index is 13.7. The molecule has 0 spiro atoms. The zero-order valence-corrected chi connectivity index (χ0v) is 22.4. The summed E-state index contributed by atoms with van der Waals surface area (Å²) in [4.78, 5) is 0. The molecule has 5 nitrogen and oxygen atoms in total. The highest BCUT2D eigenvalue weighted by Crippen LogP contribution is 2.34. The van der Waals surface area contributed by atoms with E-state index in [1.807, 2.05) is 85.8 Å². The molecule has 0 aliphatic rings. The number of aryl methyl sites for hydroxylation is 1. The van der Waals surface area contributed by atoms with Crippen LogP contribution in [0.5, 0.6) is 0 Å². The number of aromatic nitrogens is 2. The monoisotopic (exact) mass is 561 g/mol. The van der Waals surface area contributed by atoms with Crippen molar-refractivity contribution in [3.05, 3.63) is 143 Å². The van der Waals surface area contributed by atoms with E-state index < -0.39 is 22.4 Å². The topological polar surface area (TPSA) is 75.8 Å². The Morgan fingerprint density at radius 2 is 1.27 bits per heavy atom. The van der Waals surface area contributed by atoms with Crippen molar-refractivity contribution in [1.29, 1.82) is 4.78 Å². The van der Waals surface area contributed by atoms with Crippen molar-refractivity contribution in [3.63, 3.8) is 0 Å². The molecule has 0 atom stereocenters. The summed E-state index contributed by atoms with van der Waals surface area (Å²) in [5, 5.41) is 4.00. The van der Waals surface area contributed by atoms with Gasteiger partial charge in [-0.05, 0) is 60.2 Å². The lowest BCUT2D eigenvalue weighted by Gasteiger charge is -2.15. The van der Waals surface area contributed by atoms with Crippen molar-refractivity contribution in [3.8, 4) is 16.9 Å². The molecule has 1 N–H and O–H groups in total. The van der Waals surface area contributed by atoms with Gasteiger partial charge in [-0.3, -0.25) is 0 Å². The van der Waals surface area contributed by atoms with E-state index in [1.165, 1.54) is 10.2 Å². The summed E-state index contributed by atoms with van der Waals surface area (Å²) < 4.78 is 65.3. The molecule has 40 heavy (non-hydrogen) atoms. The standard InChI is InChI=1S/C31H25F3N2.HNO2S/c1-22-12-14-25(15-13-22)29-21-30(31(32,33)34)35-36(29)28-17-16-26(18-23-8-4-2-5-9-23)27(20-28)19-24-10-6-3-7-11-24;1-4(2)3/h2-17,20-21H,18-19H2,1H3;1H.